The molecule has 8 heteroatoms. The maximum absolute atomic E-state index is 14.4. The van der Waals surface area contributed by atoms with E-state index in [0.717, 1.165) is 5.57 Å². The lowest BCUT2D eigenvalue weighted by molar-refractivity contribution is -0.126. The number of carbonyl (C=O) groups excluding carboxylic acids is 2. The summed E-state index contributed by atoms with van der Waals surface area (Å²) in [4.78, 5) is 26.6. The number of primary amides is 1. The van der Waals surface area contributed by atoms with Crippen LogP contribution in [0.2, 0.25) is 5.02 Å². The standard InChI is InChI=1S/C32H37ClN2O4S/c1-7-11-22(8-2)18-24(31(34)37)19-27(36)26-20-29(32(4,5)6)35(30(26)23-14-16-25(33)17-15-23)40(38,39)28-13-10-9-12-21(28)3/h7-17,20,24,29-30H,1-2,18-19H2,3-6H3,(H2,34,37)/b22-11+/t24-,29+,30?/m1/s1. The Balaban J connectivity index is 2.18. The van der Waals surface area contributed by atoms with Crippen LogP contribution in [0.3, 0.4) is 0 Å². The molecule has 1 unspecified atom stereocenters. The van der Waals surface area contributed by atoms with E-state index in [1.807, 2.05) is 20.8 Å². The Morgan fingerprint density at radius 3 is 2.23 bits per heavy atom. The van der Waals surface area contributed by atoms with Gasteiger partial charge in [-0.2, -0.15) is 4.31 Å². The van der Waals surface area contributed by atoms with E-state index in [0.29, 0.717) is 21.7 Å². The predicted molar refractivity (Wildman–Crippen MR) is 161 cm³/mol. The summed E-state index contributed by atoms with van der Waals surface area (Å²) in [6.07, 6.45) is 6.66. The van der Waals surface area contributed by atoms with Gasteiger partial charge in [0.15, 0.2) is 5.78 Å². The fourth-order valence-corrected chi connectivity index (χ4v) is 7.27. The highest BCUT2D eigenvalue weighted by Crippen LogP contribution is 2.47. The molecule has 1 heterocycles. The van der Waals surface area contributed by atoms with Crippen molar-refractivity contribution in [1.82, 2.24) is 4.31 Å². The SMILES string of the molecule is C=C/C=C(\C=C)C[C@H](CC(=O)C1=C[C@@H](C(C)(C)C)N(S(=O)(=O)c2ccccc2C)C1c1ccc(Cl)cc1)C(N)=O. The number of amides is 1. The number of hydrogen-bond acceptors (Lipinski definition) is 4. The van der Waals surface area contributed by atoms with Gasteiger partial charge in [-0.15, -0.1) is 0 Å². The Bertz CT molecular complexity index is 1470. The molecular weight excluding hydrogens is 544 g/mol. The number of hydrogen-bond donors (Lipinski definition) is 1. The molecule has 212 valence electrons. The van der Waals surface area contributed by atoms with E-state index >= 15 is 0 Å². The van der Waals surface area contributed by atoms with Gasteiger partial charge in [0.25, 0.3) is 0 Å². The molecule has 0 saturated heterocycles. The van der Waals surface area contributed by atoms with Gasteiger partial charge in [-0.1, -0.05) is 100 Å². The average Bonchev–Trinajstić information content (AvgIpc) is 3.31. The monoisotopic (exact) mass is 580 g/mol. The van der Waals surface area contributed by atoms with E-state index in [1.54, 1.807) is 79.8 Å². The van der Waals surface area contributed by atoms with Gasteiger partial charge in [-0.3, -0.25) is 9.59 Å². The molecule has 1 aliphatic rings. The molecule has 0 fully saturated rings. The summed E-state index contributed by atoms with van der Waals surface area (Å²) in [6, 6.07) is 12.0. The maximum atomic E-state index is 14.4. The minimum Gasteiger partial charge on any atom is -0.369 e. The first kappa shape index (κ1) is 31.3. The van der Waals surface area contributed by atoms with E-state index in [4.69, 9.17) is 17.3 Å². The molecule has 0 aliphatic carbocycles. The van der Waals surface area contributed by atoms with E-state index in [2.05, 4.69) is 13.2 Å². The number of halogens is 1. The van der Waals surface area contributed by atoms with Crippen LogP contribution in [-0.4, -0.2) is 30.5 Å². The Hall–Kier alpha value is -3.26. The lowest BCUT2D eigenvalue weighted by Gasteiger charge is -2.37. The van der Waals surface area contributed by atoms with Crippen molar-refractivity contribution in [2.75, 3.05) is 0 Å². The van der Waals surface area contributed by atoms with Gasteiger partial charge in [0, 0.05) is 29.0 Å². The first-order valence-electron chi connectivity index (χ1n) is 13.0. The van der Waals surface area contributed by atoms with Crippen molar-refractivity contribution in [2.24, 2.45) is 17.1 Å². The average molecular weight is 581 g/mol. The topological polar surface area (TPSA) is 97.5 Å². The Morgan fingerprint density at radius 2 is 1.70 bits per heavy atom. The number of carbonyl (C=O) groups is 2. The van der Waals surface area contributed by atoms with Crippen molar-refractivity contribution in [1.29, 1.82) is 0 Å². The molecule has 0 spiro atoms. The molecule has 0 radical (unpaired) electrons. The molecule has 3 rings (SSSR count). The second-order valence-corrected chi connectivity index (χ2v) is 13.3. The first-order chi connectivity index (χ1) is 18.7. The number of benzene rings is 2. The van der Waals surface area contributed by atoms with E-state index in [9.17, 15) is 18.0 Å². The van der Waals surface area contributed by atoms with Gasteiger partial charge >= 0.3 is 0 Å². The van der Waals surface area contributed by atoms with Gasteiger partial charge in [0.05, 0.1) is 10.9 Å². The molecule has 2 aromatic rings. The number of nitrogens with zero attached hydrogens (tertiary/aromatic N) is 1. The molecule has 40 heavy (non-hydrogen) atoms. The number of Topliss-reactive ketones (excluding diaryl/α,β-unsaturated/α-hetero) is 1. The van der Waals surface area contributed by atoms with Crippen molar-refractivity contribution in [3.63, 3.8) is 0 Å². The lowest BCUT2D eigenvalue weighted by atomic mass is 9.86. The van der Waals surface area contributed by atoms with Gasteiger partial charge in [-0.05, 0) is 53.7 Å². The van der Waals surface area contributed by atoms with E-state index in [1.165, 1.54) is 4.31 Å². The summed E-state index contributed by atoms with van der Waals surface area (Å²) in [5, 5.41) is 0.485. The van der Waals surface area contributed by atoms with Crippen molar-refractivity contribution < 1.29 is 18.0 Å². The summed E-state index contributed by atoms with van der Waals surface area (Å²) in [5.41, 5.74) is 7.38. The zero-order valence-electron chi connectivity index (χ0n) is 23.4. The van der Waals surface area contributed by atoms with Crippen LogP contribution in [0.5, 0.6) is 0 Å². The number of sulfonamides is 1. The predicted octanol–water partition coefficient (Wildman–Crippen LogP) is 6.48. The number of nitrogens with two attached hydrogens (primary N) is 1. The third-order valence-corrected chi connectivity index (χ3v) is 9.37. The third-order valence-electron chi connectivity index (χ3n) is 7.12. The molecule has 6 nitrogen and oxygen atoms in total. The van der Waals surface area contributed by atoms with Crippen LogP contribution < -0.4 is 5.73 Å². The largest absolute Gasteiger partial charge is 0.369 e. The number of ketones is 1. The van der Waals surface area contributed by atoms with Crippen LogP contribution in [0.4, 0.5) is 0 Å². The van der Waals surface area contributed by atoms with Crippen molar-refractivity contribution >= 4 is 33.3 Å². The van der Waals surface area contributed by atoms with Crippen LogP contribution in [0, 0.1) is 18.3 Å². The second kappa shape index (κ2) is 12.5. The van der Waals surface area contributed by atoms with Gasteiger partial charge in [0.2, 0.25) is 15.9 Å². The zero-order valence-corrected chi connectivity index (χ0v) is 25.0. The summed E-state index contributed by atoms with van der Waals surface area (Å²) >= 11 is 6.17. The van der Waals surface area contributed by atoms with Gasteiger partial charge < -0.3 is 5.73 Å². The van der Waals surface area contributed by atoms with Crippen molar-refractivity contribution in [2.45, 2.75) is 57.5 Å². The molecule has 2 N–H and O–H groups in total. The molecule has 0 bridgehead atoms. The first-order valence-corrected chi connectivity index (χ1v) is 14.9. The molecular formula is C32H37ClN2O4S. The smallest absolute Gasteiger partial charge is 0.244 e. The van der Waals surface area contributed by atoms with E-state index < -0.39 is 39.3 Å². The Labute approximate surface area is 243 Å². The number of rotatable bonds is 11. The Morgan fingerprint density at radius 1 is 1.07 bits per heavy atom. The maximum Gasteiger partial charge on any atom is 0.244 e. The minimum atomic E-state index is -4.08. The summed E-state index contributed by atoms with van der Waals surface area (Å²) in [5.74, 6) is -1.77. The van der Waals surface area contributed by atoms with Crippen LogP contribution >= 0.6 is 11.6 Å². The summed E-state index contributed by atoms with van der Waals surface area (Å²) in [6.45, 7) is 15.0. The van der Waals surface area contributed by atoms with Crippen molar-refractivity contribution in [3.8, 4) is 0 Å². The fourth-order valence-electron chi connectivity index (χ4n) is 5.00. The second-order valence-electron chi connectivity index (χ2n) is 11.1. The summed E-state index contributed by atoms with van der Waals surface area (Å²) in [7, 11) is -4.08. The number of allylic oxidation sites excluding steroid dienone is 4. The molecule has 0 aromatic heterocycles. The third kappa shape index (κ3) is 6.72. The van der Waals surface area contributed by atoms with E-state index in [-0.39, 0.29) is 23.5 Å². The number of aryl methyl sites for hydroxylation is 1. The lowest BCUT2D eigenvalue weighted by Crippen LogP contribution is -2.45. The van der Waals surface area contributed by atoms with Gasteiger partial charge in [0.1, 0.15) is 0 Å². The molecule has 0 saturated carbocycles. The Kier molecular flexibility index (Phi) is 9.77. The van der Waals surface area contributed by atoms with Crippen LogP contribution in [0.1, 0.15) is 50.8 Å². The molecule has 1 amide bonds. The molecule has 2 aromatic carbocycles. The van der Waals surface area contributed by atoms with Crippen LogP contribution in [-0.2, 0) is 19.6 Å². The van der Waals surface area contributed by atoms with Crippen molar-refractivity contribution in [3.05, 3.63) is 113 Å². The highest BCUT2D eigenvalue weighted by Gasteiger charge is 2.49. The van der Waals surface area contributed by atoms with Gasteiger partial charge in [-0.25, -0.2) is 8.42 Å². The highest BCUT2D eigenvalue weighted by atomic mass is 35.5. The van der Waals surface area contributed by atoms with Crippen LogP contribution in [0.15, 0.2) is 102 Å². The molecule has 1 aliphatic heterocycles. The quantitative estimate of drug-likeness (QED) is 0.307. The fraction of sp³-hybridized carbons (Fsp3) is 0.312. The molecule has 3 atom stereocenters. The zero-order chi connectivity index (χ0) is 29.8. The normalized spacial score (nSPS) is 19.1. The summed E-state index contributed by atoms with van der Waals surface area (Å²) < 4.78 is 30.2. The minimum absolute atomic E-state index is 0.172. The van der Waals surface area contributed by atoms with Crippen LogP contribution in [0.25, 0.3) is 0 Å². The highest BCUT2D eigenvalue weighted by molar-refractivity contribution is 7.89.